The smallest absolute Gasteiger partial charge is 0.339 e. The van der Waals surface area contributed by atoms with E-state index in [1.54, 1.807) is 6.07 Å². The lowest BCUT2D eigenvalue weighted by atomic mass is 9.94. The van der Waals surface area contributed by atoms with Gasteiger partial charge in [0.15, 0.2) is 23.7 Å². The summed E-state index contributed by atoms with van der Waals surface area (Å²) in [5.41, 5.74) is -2.96. The van der Waals surface area contributed by atoms with E-state index < -0.39 is 41.9 Å². The van der Waals surface area contributed by atoms with Crippen molar-refractivity contribution in [2.75, 3.05) is 6.61 Å². The highest BCUT2D eigenvalue weighted by Gasteiger charge is 2.48. The van der Waals surface area contributed by atoms with Crippen LogP contribution in [0, 0.1) is 0 Å². The van der Waals surface area contributed by atoms with Crippen LogP contribution in [-0.4, -0.2) is 34.0 Å². The number of alkyl halides is 2. The van der Waals surface area contributed by atoms with Gasteiger partial charge in [-0.2, -0.15) is 0 Å². The van der Waals surface area contributed by atoms with Gasteiger partial charge in [-0.3, -0.25) is 0 Å². The normalized spacial score (nSPS) is 24.2. The first-order valence-electron chi connectivity index (χ1n) is 6.48. The van der Waals surface area contributed by atoms with Crippen LogP contribution in [0.15, 0.2) is 41.8 Å². The number of aromatic nitrogens is 2. The van der Waals surface area contributed by atoms with Crippen LogP contribution in [0.25, 0.3) is 10.2 Å². The summed E-state index contributed by atoms with van der Waals surface area (Å²) in [5.74, 6) is -7.28. The molecule has 0 spiro atoms. The fourth-order valence-corrected chi connectivity index (χ4v) is 2.78. The number of hydrogen-bond donors (Lipinski definition) is 0. The van der Waals surface area contributed by atoms with Crippen LogP contribution in [-0.2, 0) is 4.74 Å². The van der Waals surface area contributed by atoms with Crippen LogP contribution in [0.2, 0.25) is 0 Å². The maximum Gasteiger partial charge on any atom is 0.339 e. The molecule has 1 aliphatic carbocycles. The summed E-state index contributed by atoms with van der Waals surface area (Å²) in [5, 5.41) is 3.74. The van der Waals surface area contributed by atoms with Crippen molar-refractivity contribution in [3.05, 3.63) is 47.3 Å². The Balaban J connectivity index is 1.81. The van der Waals surface area contributed by atoms with Gasteiger partial charge in [-0.1, -0.05) is 10.6 Å². The number of esters is 1. The summed E-state index contributed by atoms with van der Waals surface area (Å²) in [6.07, 6.45) is -3.20. The third kappa shape index (κ3) is 2.66. The van der Waals surface area contributed by atoms with Gasteiger partial charge in [0.05, 0.1) is 10.3 Å². The van der Waals surface area contributed by atoms with Crippen molar-refractivity contribution in [1.29, 1.82) is 0 Å². The molecule has 4 nitrogen and oxygen atoms in total. The van der Waals surface area contributed by atoms with Gasteiger partial charge in [0.25, 0.3) is 0 Å². The molecule has 126 valence electrons. The first-order valence-corrected chi connectivity index (χ1v) is 7.26. The molecule has 2 aromatic rings. The van der Waals surface area contributed by atoms with Crippen LogP contribution < -0.4 is 0 Å². The second kappa shape index (κ2) is 5.93. The zero-order chi connectivity index (χ0) is 17.5. The van der Waals surface area contributed by atoms with Crippen LogP contribution in [0.4, 0.5) is 22.0 Å². The number of nitrogens with zero attached hydrogens (tertiary/aromatic N) is 2. The third-order valence-electron chi connectivity index (χ3n) is 3.35. The van der Waals surface area contributed by atoms with Crippen molar-refractivity contribution in [3.8, 4) is 0 Å². The van der Waals surface area contributed by atoms with Gasteiger partial charge >= 0.3 is 5.97 Å². The molecule has 0 bridgehead atoms. The minimum atomic E-state index is -3.35. The molecule has 1 heterocycles. The predicted molar refractivity (Wildman–Crippen MR) is 74.9 cm³/mol. The number of ether oxygens (including phenoxy) is 1. The first-order chi connectivity index (χ1) is 11.3. The van der Waals surface area contributed by atoms with Gasteiger partial charge in [-0.15, -0.1) is 5.10 Å². The van der Waals surface area contributed by atoms with E-state index in [9.17, 15) is 26.7 Å². The largest absolute Gasteiger partial charge is 0.458 e. The van der Waals surface area contributed by atoms with E-state index in [0.717, 1.165) is 11.5 Å². The lowest BCUT2D eigenvalue weighted by molar-refractivity contribution is 0.00206. The maximum atomic E-state index is 14.3. The maximum absolute atomic E-state index is 14.3. The Hall–Kier alpha value is -2.36. The molecule has 0 fully saturated rings. The van der Waals surface area contributed by atoms with Gasteiger partial charge in [0.2, 0.25) is 5.67 Å². The van der Waals surface area contributed by atoms with Gasteiger partial charge in [0, 0.05) is 0 Å². The molecular formula is C14H7F5N2O2S. The third-order valence-corrected chi connectivity index (χ3v) is 4.12. The summed E-state index contributed by atoms with van der Waals surface area (Å²) in [6.45, 7) is -1.33. The van der Waals surface area contributed by atoms with Crippen LogP contribution in [0.5, 0.6) is 0 Å². The molecule has 0 aliphatic heterocycles. The zero-order valence-corrected chi connectivity index (χ0v) is 12.4. The van der Waals surface area contributed by atoms with Crippen LogP contribution in [0.1, 0.15) is 10.4 Å². The van der Waals surface area contributed by atoms with Crippen molar-refractivity contribution in [1.82, 2.24) is 9.59 Å². The Bertz CT molecular complexity index is 881. The van der Waals surface area contributed by atoms with E-state index in [2.05, 4.69) is 14.3 Å². The first kappa shape index (κ1) is 16.5. The molecule has 1 aromatic carbocycles. The SMILES string of the molecule is O=C(OCC1(F)C=C(F)C(F)=C(F)C1F)c1cccc2nnsc12. The number of fused-ring (bicyclic) bond motifs is 1. The number of allylic oxidation sites excluding steroid dienone is 3. The molecule has 24 heavy (non-hydrogen) atoms. The van der Waals surface area contributed by atoms with Gasteiger partial charge in [-0.05, 0) is 29.7 Å². The van der Waals surface area contributed by atoms with E-state index >= 15 is 0 Å². The fourth-order valence-electron chi connectivity index (χ4n) is 2.12. The highest BCUT2D eigenvalue weighted by molar-refractivity contribution is 7.13. The number of hydrogen-bond acceptors (Lipinski definition) is 5. The molecule has 0 radical (unpaired) electrons. The standard InChI is InChI=1S/C14H7F5N2O2S/c15-7-4-14(19,12(18)10(17)9(7)16)5-23-13(22)6-2-1-3-8-11(6)24-21-20-8/h1-4,12H,5H2. The molecule has 0 amide bonds. The lowest BCUT2D eigenvalue weighted by Gasteiger charge is -2.27. The van der Waals surface area contributed by atoms with Crippen LogP contribution in [0.3, 0.4) is 0 Å². The molecule has 0 saturated heterocycles. The van der Waals surface area contributed by atoms with Crippen molar-refractivity contribution >= 4 is 27.7 Å². The second-order valence-electron chi connectivity index (χ2n) is 4.95. The van der Waals surface area contributed by atoms with Crippen LogP contribution >= 0.6 is 11.5 Å². The molecule has 2 unspecified atom stereocenters. The van der Waals surface area contributed by atoms with Gasteiger partial charge in [0.1, 0.15) is 12.1 Å². The van der Waals surface area contributed by atoms with E-state index in [0.29, 0.717) is 10.2 Å². The highest BCUT2D eigenvalue weighted by Crippen LogP contribution is 2.39. The molecule has 0 saturated carbocycles. The molecule has 10 heteroatoms. The summed E-state index contributed by atoms with van der Waals surface area (Å²) in [6, 6.07) is 4.40. The highest BCUT2D eigenvalue weighted by atomic mass is 32.1. The van der Waals surface area contributed by atoms with Crippen molar-refractivity contribution in [2.45, 2.75) is 11.8 Å². The van der Waals surface area contributed by atoms with E-state index in [-0.39, 0.29) is 11.6 Å². The number of carbonyl (C=O) groups is 1. The van der Waals surface area contributed by atoms with Crippen molar-refractivity contribution < 1.29 is 31.5 Å². The second-order valence-corrected chi connectivity index (χ2v) is 5.70. The average Bonchev–Trinajstić information content (AvgIpc) is 3.05. The monoisotopic (exact) mass is 362 g/mol. The Morgan fingerprint density at radius 2 is 2.08 bits per heavy atom. The summed E-state index contributed by atoms with van der Waals surface area (Å²) in [4.78, 5) is 12.0. The fraction of sp³-hybridized carbons (Fsp3) is 0.214. The Kier molecular flexibility index (Phi) is 4.08. The molecule has 1 aromatic heterocycles. The van der Waals surface area contributed by atoms with E-state index in [1.807, 2.05) is 0 Å². The number of halogens is 5. The minimum absolute atomic E-state index is 0.0102. The van der Waals surface area contributed by atoms with E-state index in [4.69, 9.17) is 0 Å². The quantitative estimate of drug-likeness (QED) is 0.614. The predicted octanol–water partition coefficient (Wildman–Crippen LogP) is 3.91. The topological polar surface area (TPSA) is 52.1 Å². The van der Waals surface area contributed by atoms with Gasteiger partial charge in [-0.25, -0.2) is 26.7 Å². The molecule has 0 N–H and O–H groups in total. The number of rotatable bonds is 3. The number of benzene rings is 1. The molecule has 2 atom stereocenters. The minimum Gasteiger partial charge on any atom is -0.458 e. The average molecular weight is 362 g/mol. The van der Waals surface area contributed by atoms with Crippen molar-refractivity contribution in [2.24, 2.45) is 0 Å². The summed E-state index contributed by atoms with van der Waals surface area (Å²) < 4.78 is 75.8. The number of carbonyl (C=O) groups excluding carboxylic acids is 1. The lowest BCUT2D eigenvalue weighted by Crippen LogP contribution is -2.41. The summed E-state index contributed by atoms with van der Waals surface area (Å²) in [7, 11) is 0. The zero-order valence-electron chi connectivity index (χ0n) is 11.6. The Morgan fingerprint density at radius 1 is 1.33 bits per heavy atom. The molecule has 3 rings (SSSR count). The Labute approximate surface area is 135 Å². The van der Waals surface area contributed by atoms with Crippen molar-refractivity contribution in [3.63, 3.8) is 0 Å². The summed E-state index contributed by atoms with van der Waals surface area (Å²) >= 11 is 0.886. The van der Waals surface area contributed by atoms with E-state index in [1.165, 1.54) is 12.1 Å². The molecular weight excluding hydrogens is 355 g/mol. The molecule has 1 aliphatic rings. The van der Waals surface area contributed by atoms with Gasteiger partial charge < -0.3 is 4.74 Å². The Morgan fingerprint density at radius 3 is 2.83 bits per heavy atom.